The van der Waals surface area contributed by atoms with Crippen LogP contribution in [-0.4, -0.2) is 28.6 Å². The van der Waals surface area contributed by atoms with E-state index in [-0.39, 0.29) is 5.69 Å². The smallest absolute Gasteiger partial charge is 0.355 e. The van der Waals surface area contributed by atoms with E-state index in [1.54, 1.807) is 5.38 Å². The van der Waals surface area contributed by atoms with E-state index in [9.17, 15) is 4.79 Å². The first kappa shape index (κ1) is 12.1. The van der Waals surface area contributed by atoms with Gasteiger partial charge in [-0.1, -0.05) is 6.92 Å². The number of carboxylic acids is 1. The fraction of sp³-hybridized carbons (Fsp3) is 0.600. The zero-order valence-electron chi connectivity index (χ0n) is 8.99. The highest BCUT2D eigenvalue weighted by atomic mass is 32.1. The van der Waals surface area contributed by atoms with E-state index in [1.807, 2.05) is 0 Å². The van der Waals surface area contributed by atoms with E-state index < -0.39 is 5.97 Å². The van der Waals surface area contributed by atoms with Crippen molar-refractivity contribution in [1.29, 1.82) is 0 Å². The molecule has 1 aromatic rings. The van der Waals surface area contributed by atoms with Crippen LogP contribution in [0.25, 0.3) is 0 Å². The normalized spacial score (nSPS) is 12.7. The zero-order valence-corrected chi connectivity index (χ0v) is 9.80. The molecule has 0 fully saturated rings. The fourth-order valence-corrected chi connectivity index (χ4v) is 1.87. The number of hydrogen-bond acceptors (Lipinski definition) is 4. The Bertz CT molecular complexity index is 325. The number of rotatable bonds is 6. The van der Waals surface area contributed by atoms with Gasteiger partial charge in [-0.05, 0) is 13.3 Å². The van der Waals surface area contributed by atoms with Crippen molar-refractivity contribution in [2.75, 3.05) is 6.54 Å². The first-order chi connectivity index (χ1) is 7.13. The Balaban J connectivity index is 2.35. The molecule has 0 amide bonds. The average Bonchev–Trinajstić information content (AvgIpc) is 2.66. The van der Waals surface area contributed by atoms with Crippen LogP contribution in [0.2, 0.25) is 0 Å². The van der Waals surface area contributed by atoms with Crippen LogP contribution in [0, 0.1) is 0 Å². The first-order valence-electron chi connectivity index (χ1n) is 5.04. The molecule has 84 valence electrons. The van der Waals surface area contributed by atoms with Gasteiger partial charge < -0.3 is 10.4 Å². The second-order valence-corrected chi connectivity index (χ2v) is 4.39. The summed E-state index contributed by atoms with van der Waals surface area (Å²) < 4.78 is 0. The average molecular weight is 228 g/mol. The predicted molar refractivity (Wildman–Crippen MR) is 60.5 cm³/mol. The quantitative estimate of drug-likeness (QED) is 0.779. The molecule has 5 heteroatoms. The van der Waals surface area contributed by atoms with E-state index in [0.717, 1.165) is 24.4 Å². The Kier molecular flexibility index (Phi) is 4.71. The van der Waals surface area contributed by atoms with Crippen molar-refractivity contribution in [3.8, 4) is 0 Å². The monoisotopic (exact) mass is 228 g/mol. The fourth-order valence-electron chi connectivity index (χ4n) is 1.09. The first-order valence-corrected chi connectivity index (χ1v) is 5.92. The molecule has 1 rings (SSSR count). The van der Waals surface area contributed by atoms with Gasteiger partial charge in [0.25, 0.3) is 0 Å². The number of nitrogens with zero attached hydrogens (tertiary/aromatic N) is 1. The van der Waals surface area contributed by atoms with Gasteiger partial charge in [0.2, 0.25) is 0 Å². The summed E-state index contributed by atoms with van der Waals surface area (Å²) in [6.45, 7) is 5.11. The molecule has 1 heterocycles. The summed E-state index contributed by atoms with van der Waals surface area (Å²) in [5, 5.41) is 14.5. The van der Waals surface area contributed by atoms with Gasteiger partial charge in [-0.3, -0.25) is 0 Å². The Hall–Kier alpha value is -0.940. The number of carboxylic acid groups (broad SMARTS) is 1. The predicted octanol–water partition coefficient (Wildman–Crippen LogP) is 1.77. The van der Waals surface area contributed by atoms with Crippen LogP contribution < -0.4 is 5.32 Å². The molecule has 0 saturated heterocycles. The van der Waals surface area contributed by atoms with E-state index >= 15 is 0 Å². The molecular formula is C10H16N2O2S. The molecule has 15 heavy (non-hydrogen) atoms. The van der Waals surface area contributed by atoms with Crippen molar-refractivity contribution < 1.29 is 9.90 Å². The van der Waals surface area contributed by atoms with Gasteiger partial charge in [0.15, 0.2) is 5.69 Å². The minimum absolute atomic E-state index is 0.151. The highest BCUT2D eigenvalue weighted by Gasteiger charge is 2.08. The van der Waals surface area contributed by atoms with Crippen molar-refractivity contribution in [1.82, 2.24) is 10.3 Å². The molecule has 0 radical (unpaired) electrons. The molecule has 0 aliphatic heterocycles. The van der Waals surface area contributed by atoms with Crippen LogP contribution in [0.3, 0.4) is 0 Å². The zero-order chi connectivity index (χ0) is 11.3. The molecule has 0 saturated carbocycles. The van der Waals surface area contributed by atoms with E-state index in [4.69, 9.17) is 5.11 Å². The maximum absolute atomic E-state index is 10.6. The van der Waals surface area contributed by atoms with Crippen molar-refractivity contribution >= 4 is 17.3 Å². The Morgan fingerprint density at radius 3 is 3.00 bits per heavy atom. The molecule has 0 aromatic carbocycles. The van der Waals surface area contributed by atoms with Gasteiger partial charge in [0, 0.05) is 24.4 Å². The second-order valence-electron chi connectivity index (χ2n) is 3.45. The maximum Gasteiger partial charge on any atom is 0.355 e. The molecule has 1 unspecified atom stereocenters. The van der Waals surface area contributed by atoms with Crippen molar-refractivity contribution in [3.05, 3.63) is 16.1 Å². The lowest BCUT2D eigenvalue weighted by Gasteiger charge is -2.09. The van der Waals surface area contributed by atoms with Crippen molar-refractivity contribution in [2.24, 2.45) is 0 Å². The van der Waals surface area contributed by atoms with Gasteiger partial charge in [0.1, 0.15) is 0 Å². The van der Waals surface area contributed by atoms with E-state index in [0.29, 0.717) is 6.04 Å². The number of hydrogen-bond donors (Lipinski definition) is 2. The molecule has 0 spiro atoms. The summed E-state index contributed by atoms with van der Waals surface area (Å²) >= 11 is 1.41. The number of aromatic carboxylic acids is 1. The molecule has 1 aromatic heterocycles. The summed E-state index contributed by atoms with van der Waals surface area (Å²) in [5.41, 5.74) is 0.151. The molecule has 0 aliphatic rings. The van der Waals surface area contributed by atoms with Crippen LogP contribution >= 0.6 is 11.3 Å². The van der Waals surface area contributed by atoms with Gasteiger partial charge in [0.05, 0.1) is 5.01 Å². The molecular weight excluding hydrogens is 212 g/mol. The van der Waals surface area contributed by atoms with Crippen LogP contribution in [0.4, 0.5) is 0 Å². The summed E-state index contributed by atoms with van der Waals surface area (Å²) in [6.07, 6.45) is 1.89. The molecule has 1 atom stereocenters. The summed E-state index contributed by atoms with van der Waals surface area (Å²) in [6, 6.07) is 0.504. The van der Waals surface area contributed by atoms with Crippen LogP contribution in [0.15, 0.2) is 5.38 Å². The number of nitrogens with one attached hydrogen (secondary N) is 1. The largest absolute Gasteiger partial charge is 0.476 e. The van der Waals surface area contributed by atoms with E-state index in [1.165, 1.54) is 11.3 Å². The maximum atomic E-state index is 10.6. The minimum atomic E-state index is -0.951. The lowest BCUT2D eigenvalue weighted by atomic mass is 10.2. The number of carbonyl (C=O) groups is 1. The lowest BCUT2D eigenvalue weighted by Crippen LogP contribution is -2.27. The second kappa shape index (κ2) is 5.82. The van der Waals surface area contributed by atoms with Crippen LogP contribution in [-0.2, 0) is 6.42 Å². The minimum Gasteiger partial charge on any atom is -0.476 e. The molecule has 0 bridgehead atoms. The molecule has 0 aliphatic carbocycles. The Labute approximate surface area is 93.4 Å². The van der Waals surface area contributed by atoms with Gasteiger partial charge in [-0.25, -0.2) is 9.78 Å². The third-order valence-electron chi connectivity index (χ3n) is 2.21. The standard InChI is InChI=1S/C10H16N2O2S/c1-3-7(2)11-5-4-9-12-8(6-15-9)10(13)14/h6-7,11H,3-5H2,1-2H3,(H,13,14). The van der Waals surface area contributed by atoms with Crippen LogP contribution in [0.5, 0.6) is 0 Å². The number of aromatic nitrogens is 1. The highest BCUT2D eigenvalue weighted by Crippen LogP contribution is 2.09. The van der Waals surface area contributed by atoms with Gasteiger partial charge in [-0.15, -0.1) is 11.3 Å². The van der Waals surface area contributed by atoms with Gasteiger partial charge in [-0.2, -0.15) is 0 Å². The summed E-state index contributed by atoms with van der Waals surface area (Å²) in [4.78, 5) is 14.6. The summed E-state index contributed by atoms with van der Waals surface area (Å²) in [5.74, 6) is -0.951. The van der Waals surface area contributed by atoms with Crippen LogP contribution in [0.1, 0.15) is 35.8 Å². The van der Waals surface area contributed by atoms with E-state index in [2.05, 4.69) is 24.1 Å². The third-order valence-corrected chi connectivity index (χ3v) is 3.12. The molecule has 4 nitrogen and oxygen atoms in total. The lowest BCUT2D eigenvalue weighted by molar-refractivity contribution is 0.0691. The number of thiazole rings is 1. The van der Waals surface area contributed by atoms with Crippen molar-refractivity contribution in [3.63, 3.8) is 0 Å². The third kappa shape index (κ3) is 3.97. The Morgan fingerprint density at radius 2 is 2.47 bits per heavy atom. The topological polar surface area (TPSA) is 62.2 Å². The molecule has 2 N–H and O–H groups in total. The van der Waals surface area contributed by atoms with Crippen molar-refractivity contribution in [2.45, 2.75) is 32.7 Å². The summed E-state index contributed by atoms with van der Waals surface area (Å²) in [7, 11) is 0. The Morgan fingerprint density at radius 1 is 1.73 bits per heavy atom. The van der Waals surface area contributed by atoms with Gasteiger partial charge >= 0.3 is 5.97 Å². The SMILES string of the molecule is CCC(C)NCCc1nc(C(=O)O)cs1. The highest BCUT2D eigenvalue weighted by molar-refractivity contribution is 7.09.